The summed E-state index contributed by atoms with van der Waals surface area (Å²) in [5.41, 5.74) is 2.03. The van der Waals surface area contributed by atoms with Crippen LogP contribution in [0, 0.1) is 12.7 Å². The number of aromatic hydroxyl groups is 1. The van der Waals surface area contributed by atoms with Gasteiger partial charge in [0.15, 0.2) is 5.65 Å². The van der Waals surface area contributed by atoms with E-state index < -0.39 is 5.69 Å². The molecular weight excluding hydrogens is 403 g/mol. The zero-order chi connectivity index (χ0) is 21.5. The van der Waals surface area contributed by atoms with Crippen LogP contribution in [0.25, 0.3) is 11.7 Å². The van der Waals surface area contributed by atoms with Gasteiger partial charge in [-0.05, 0) is 43.0 Å². The molecule has 10 nitrogen and oxygen atoms in total. The molecule has 31 heavy (non-hydrogen) atoms. The number of H-pyrrole nitrogens is 2. The van der Waals surface area contributed by atoms with Crippen LogP contribution in [0.2, 0.25) is 0 Å². The van der Waals surface area contributed by atoms with Gasteiger partial charge in [-0.25, -0.2) is 14.2 Å². The van der Waals surface area contributed by atoms with E-state index in [9.17, 15) is 14.3 Å². The molecule has 3 aromatic heterocycles. The van der Waals surface area contributed by atoms with Gasteiger partial charge < -0.3 is 15.4 Å². The van der Waals surface area contributed by atoms with Crippen molar-refractivity contribution in [1.82, 2.24) is 29.5 Å². The minimum Gasteiger partial charge on any atom is -0.493 e. The Morgan fingerprint density at radius 3 is 2.90 bits per heavy atom. The lowest BCUT2D eigenvalue weighted by atomic mass is 10.1. The van der Waals surface area contributed by atoms with Crippen LogP contribution in [0.1, 0.15) is 29.7 Å². The number of imidazole rings is 1. The summed E-state index contributed by atoms with van der Waals surface area (Å²) in [6.07, 6.45) is 5.13. The standard InChI is InChI=1S/C20H19FN8O2/c1-10-6-11(2-5-14(10)21)8-22-18-26-16-12(7-15-17(30)27-20(31)25-15)9-23-29(16)19(28-18)24-13-3-4-13/h2,5-7,9,13,30H,3-4,8H2,1H3,(H,22,24,28)(H2,25,27,31)/b12-7+. The first-order valence-corrected chi connectivity index (χ1v) is 9.78. The van der Waals surface area contributed by atoms with Gasteiger partial charge in [0.05, 0.1) is 12.2 Å². The highest BCUT2D eigenvalue weighted by molar-refractivity contribution is 5.57. The number of aromatic amines is 2. The van der Waals surface area contributed by atoms with E-state index in [1.807, 2.05) is 0 Å². The summed E-state index contributed by atoms with van der Waals surface area (Å²) < 4.78 is 15.0. The van der Waals surface area contributed by atoms with E-state index in [4.69, 9.17) is 0 Å². The van der Waals surface area contributed by atoms with Crippen molar-refractivity contribution < 1.29 is 9.50 Å². The summed E-state index contributed by atoms with van der Waals surface area (Å²) in [7, 11) is 0. The molecule has 5 rings (SSSR count). The van der Waals surface area contributed by atoms with Gasteiger partial charge in [-0.3, -0.25) is 4.98 Å². The van der Waals surface area contributed by atoms with Crippen LogP contribution >= 0.6 is 0 Å². The SMILES string of the molecule is Cc1cc(CNc2nc(=NC3CC3)n3nc/c(=C\c4[nH]c(=O)[nH]c4O)c3n2)ccc1F. The molecule has 1 fully saturated rings. The molecule has 0 aliphatic heterocycles. The Hall–Kier alpha value is -4.02. The molecule has 4 N–H and O–H groups in total. The van der Waals surface area contributed by atoms with Gasteiger partial charge in [0.1, 0.15) is 11.5 Å². The Morgan fingerprint density at radius 1 is 1.35 bits per heavy atom. The van der Waals surface area contributed by atoms with Crippen molar-refractivity contribution >= 4 is 17.7 Å². The molecule has 0 radical (unpaired) electrons. The second kappa shape index (κ2) is 7.35. The molecule has 0 saturated heterocycles. The molecule has 11 heteroatoms. The highest BCUT2D eigenvalue weighted by Gasteiger charge is 2.21. The van der Waals surface area contributed by atoms with Gasteiger partial charge in [-0.2, -0.15) is 19.6 Å². The Kier molecular flexibility index (Phi) is 4.50. The predicted molar refractivity (Wildman–Crippen MR) is 110 cm³/mol. The number of hydrogen-bond acceptors (Lipinski definition) is 7. The molecule has 1 saturated carbocycles. The summed E-state index contributed by atoms with van der Waals surface area (Å²) in [4.78, 5) is 29.8. The zero-order valence-corrected chi connectivity index (χ0v) is 16.6. The van der Waals surface area contributed by atoms with Crippen LogP contribution in [0.5, 0.6) is 5.88 Å². The fourth-order valence-corrected chi connectivity index (χ4v) is 3.16. The second-order valence-corrected chi connectivity index (χ2v) is 7.47. The largest absolute Gasteiger partial charge is 0.493 e. The van der Waals surface area contributed by atoms with Crippen molar-refractivity contribution in [3.05, 3.63) is 68.4 Å². The third-order valence-electron chi connectivity index (χ3n) is 4.93. The number of aromatic nitrogens is 6. The number of hydrogen-bond donors (Lipinski definition) is 4. The van der Waals surface area contributed by atoms with Crippen molar-refractivity contribution in [2.45, 2.75) is 32.4 Å². The first kappa shape index (κ1) is 19.0. The van der Waals surface area contributed by atoms with Crippen molar-refractivity contribution in [3.8, 4) is 5.88 Å². The van der Waals surface area contributed by atoms with Crippen LogP contribution < -0.4 is 21.8 Å². The van der Waals surface area contributed by atoms with Crippen LogP contribution in [0.15, 0.2) is 34.2 Å². The maximum absolute atomic E-state index is 13.5. The lowest BCUT2D eigenvalue weighted by Gasteiger charge is -2.07. The van der Waals surface area contributed by atoms with Gasteiger partial charge in [0.25, 0.3) is 5.62 Å². The monoisotopic (exact) mass is 422 g/mol. The van der Waals surface area contributed by atoms with Crippen molar-refractivity contribution in [2.75, 3.05) is 5.32 Å². The number of fused-ring (bicyclic) bond motifs is 1. The Balaban J connectivity index is 1.57. The minimum absolute atomic E-state index is 0.215. The molecule has 0 atom stereocenters. The molecule has 0 amide bonds. The van der Waals surface area contributed by atoms with Crippen molar-refractivity contribution in [2.24, 2.45) is 4.99 Å². The Labute approximate surface area is 174 Å². The highest BCUT2D eigenvalue weighted by Crippen LogP contribution is 2.22. The fraction of sp³-hybridized carbons (Fsp3) is 0.250. The average Bonchev–Trinajstić information content (AvgIpc) is 3.37. The maximum atomic E-state index is 13.5. The van der Waals surface area contributed by atoms with E-state index in [0.717, 1.165) is 18.4 Å². The molecule has 4 aromatic rings. The lowest BCUT2D eigenvalue weighted by molar-refractivity contribution is 0.454. The zero-order valence-electron chi connectivity index (χ0n) is 16.6. The molecule has 0 bridgehead atoms. The molecule has 0 spiro atoms. The molecule has 1 aliphatic rings. The van der Waals surface area contributed by atoms with E-state index in [0.29, 0.717) is 34.5 Å². The number of anilines is 1. The summed E-state index contributed by atoms with van der Waals surface area (Å²) in [6, 6.07) is 5.11. The van der Waals surface area contributed by atoms with Gasteiger partial charge in [-0.1, -0.05) is 12.1 Å². The minimum atomic E-state index is -0.517. The molecule has 1 aliphatic carbocycles. The fourth-order valence-electron chi connectivity index (χ4n) is 3.16. The van der Waals surface area contributed by atoms with E-state index in [1.54, 1.807) is 31.3 Å². The average molecular weight is 422 g/mol. The first-order chi connectivity index (χ1) is 15.0. The Morgan fingerprint density at radius 2 is 2.19 bits per heavy atom. The number of halogens is 1. The summed E-state index contributed by atoms with van der Waals surface area (Å²) >= 11 is 0. The summed E-state index contributed by atoms with van der Waals surface area (Å²) in [5.74, 6) is -0.181. The summed E-state index contributed by atoms with van der Waals surface area (Å²) in [6.45, 7) is 2.11. The van der Waals surface area contributed by atoms with E-state index in [-0.39, 0.29) is 23.4 Å². The summed E-state index contributed by atoms with van der Waals surface area (Å²) in [5, 5.41) is 17.9. The number of nitrogens with one attached hydrogen (secondary N) is 3. The number of benzene rings is 1. The highest BCUT2D eigenvalue weighted by atomic mass is 19.1. The van der Waals surface area contributed by atoms with E-state index in [1.165, 1.54) is 10.6 Å². The lowest BCUT2D eigenvalue weighted by Crippen LogP contribution is -2.24. The normalized spacial score (nSPS) is 15.2. The van der Waals surface area contributed by atoms with Crippen LogP contribution in [-0.4, -0.2) is 40.7 Å². The maximum Gasteiger partial charge on any atom is 0.326 e. The number of aryl methyl sites for hydroxylation is 1. The second-order valence-electron chi connectivity index (χ2n) is 7.47. The predicted octanol–water partition coefficient (Wildman–Crippen LogP) is 0.517. The smallest absolute Gasteiger partial charge is 0.326 e. The van der Waals surface area contributed by atoms with Crippen molar-refractivity contribution in [1.29, 1.82) is 0 Å². The molecule has 0 unspecified atom stereocenters. The third-order valence-corrected chi connectivity index (χ3v) is 4.93. The van der Waals surface area contributed by atoms with Gasteiger partial charge >= 0.3 is 5.69 Å². The first-order valence-electron chi connectivity index (χ1n) is 9.78. The molecular formula is C20H19FN8O2. The van der Waals surface area contributed by atoms with Crippen molar-refractivity contribution in [3.63, 3.8) is 0 Å². The number of rotatable bonds is 5. The van der Waals surface area contributed by atoms with Crippen LogP contribution in [-0.2, 0) is 6.54 Å². The molecule has 158 valence electrons. The van der Waals surface area contributed by atoms with Gasteiger partial charge in [0, 0.05) is 11.8 Å². The molecule has 3 heterocycles. The van der Waals surface area contributed by atoms with Crippen LogP contribution in [0.4, 0.5) is 10.3 Å². The van der Waals surface area contributed by atoms with Gasteiger partial charge in [0.2, 0.25) is 11.8 Å². The Bertz CT molecular complexity index is 1460. The van der Waals surface area contributed by atoms with Crippen LogP contribution in [0.3, 0.4) is 0 Å². The number of nitrogens with zero attached hydrogens (tertiary/aromatic N) is 5. The quantitative estimate of drug-likeness (QED) is 0.370. The van der Waals surface area contributed by atoms with E-state index >= 15 is 0 Å². The topological polar surface area (TPSA) is 136 Å². The van der Waals surface area contributed by atoms with E-state index in [2.05, 4.69) is 35.3 Å². The third kappa shape index (κ3) is 3.89. The van der Waals surface area contributed by atoms with Gasteiger partial charge in [-0.15, -0.1) is 0 Å². The molecule has 1 aromatic carbocycles.